The van der Waals surface area contributed by atoms with Gasteiger partial charge < -0.3 is 10.1 Å². The van der Waals surface area contributed by atoms with E-state index in [2.05, 4.69) is 25.2 Å². The van der Waals surface area contributed by atoms with Crippen LogP contribution < -0.4 is 10.1 Å². The topological polar surface area (TPSA) is 38.3 Å². The van der Waals surface area contributed by atoms with E-state index in [9.17, 15) is 4.79 Å². The molecule has 1 atom stereocenters. The molecule has 1 N–H and O–H groups in total. The summed E-state index contributed by atoms with van der Waals surface area (Å²) < 4.78 is 5.53. The fourth-order valence-corrected chi connectivity index (χ4v) is 2.39. The molecule has 0 fully saturated rings. The van der Waals surface area contributed by atoms with Crippen LogP contribution in [-0.4, -0.2) is 12.5 Å². The molecule has 2 aromatic rings. The second-order valence-corrected chi connectivity index (χ2v) is 5.28. The Kier molecular flexibility index (Phi) is 5.59. The molecule has 1 amide bonds. The van der Waals surface area contributed by atoms with Gasteiger partial charge in [-0.3, -0.25) is 4.79 Å². The highest BCUT2D eigenvalue weighted by Gasteiger charge is 2.15. The van der Waals surface area contributed by atoms with Crippen LogP contribution in [0.15, 0.2) is 48.5 Å². The van der Waals surface area contributed by atoms with Crippen LogP contribution in [0.2, 0.25) is 0 Å². The lowest BCUT2D eigenvalue weighted by molar-refractivity contribution is 0.102. The molecule has 0 saturated heterocycles. The number of nitrogens with one attached hydrogen (secondary N) is 1. The number of hydrogen-bond acceptors (Lipinski definition) is 2. The van der Waals surface area contributed by atoms with Crippen LogP contribution in [0.4, 0.5) is 5.69 Å². The third-order valence-corrected chi connectivity index (χ3v) is 3.78. The molecule has 3 heteroatoms. The number of amides is 1. The van der Waals surface area contributed by atoms with Crippen LogP contribution >= 0.6 is 0 Å². The standard InChI is InChI=1S/C19H23NO2/c1-4-14(3)15-10-6-8-12-17(15)20-19(21)16-11-7-9-13-18(16)22-5-2/h6-14H,4-5H2,1-3H3,(H,20,21). The molecule has 116 valence electrons. The van der Waals surface area contributed by atoms with E-state index < -0.39 is 0 Å². The van der Waals surface area contributed by atoms with Crippen molar-refractivity contribution >= 4 is 11.6 Å². The number of benzene rings is 2. The SMILES string of the molecule is CCOc1ccccc1C(=O)Nc1ccccc1C(C)CC. The minimum absolute atomic E-state index is 0.139. The molecule has 0 aliphatic heterocycles. The van der Waals surface area contributed by atoms with Crippen LogP contribution in [0, 0.1) is 0 Å². The lowest BCUT2D eigenvalue weighted by Gasteiger charge is -2.16. The van der Waals surface area contributed by atoms with Crippen molar-refractivity contribution in [2.24, 2.45) is 0 Å². The average Bonchev–Trinajstić information content (AvgIpc) is 2.55. The number of ether oxygens (including phenoxy) is 1. The Labute approximate surface area is 132 Å². The van der Waals surface area contributed by atoms with Gasteiger partial charge in [0.05, 0.1) is 12.2 Å². The molecule has 0 radical (unpaired) electrons. The fourth-order valence-electron chi connectivity index (χ4n) is 2.39. The predicted octanol–water partition coefficient (Wildman–Crippen LogP) is 4.85. The molecule has 2 rings (SSSR count). The zero-order valence-corrected chi connectivity index (χ0v) is 13.4. The number of anilines is 1. The monoisotopic (exact) mass is 297 g/mol. The summed E-state index contributed by atoms with van der Waals surface area (Å²) in [7, 11) is 0. The van der Waals surface area contributed by atoms with Crippen molar-refractivity contribution in [1.29, 1.82) is 0 Å². The van der Waals surface area contributed by atoms with Crippen molar-refractivity contribution in [2.75, 3.05) is 11.9 Å². The van der Waals surface area contributed by atoms with Gasteiger partial charge in [0, 0.05) is 5.69 Å². The molecule has 22 heavy (non-hydrogen) atoms. The van der Waals surface area contributed by atoms with E-state index in [1.165, 1.54) is 0 Å². The molecular weight excluding hydrogens is 274 g/mol. The van der Waals surface area contributed by atoms with Gasteiger partial charge in [-0.15, -0.1) is 0 Å². The number of hydrogen-bond donors (Lipinski definition) is 1. The Morgan fingerprint density at radius 1 is 1.09 bits per heavy atom. The second kappa shape index (κ2) is 7.64. The summed E-state index contributed by atoms with van der Waals surface area (Å²) in [6.45, 7) is 6.76. The Morgan fingerprint density at radius 2 is 1.77 bits per heavy atom. The van der Waals surface area contributed by atoms with E-state index >= 15 is 0 Å². The minimum Gasteiger partial charge on any atom is -0.493 e. The molecule has 0 aliphatic carbocycles. The highest BCUT2D eigenvalue weighted by Crippen LogP contribution is 2.27. The predicted molar refractivity (Wildman–Crippen MR) is 90.7 cm³/mol. The third kappa shape index (κ3) is 3.67. The van der Waals surface area contributed by atoms with E-state index in [1.54, 1.807) is 6.07 Å². The van der Waals surface area contributed by atoms with Crippen molar-refractivity contribution in [2.45, 2.75) is 33.1 Å². The maximum atomic E-state index is 12.6. The maximum Gasteiger partial charge on any atom is 0.259 e. The molecule has 0 aromatic heterocycles. The van der Waals surface area contributed by atoms with Crippen LogP contribution in [0.1, 0.15) is 49.0 Å². The van der Waals surface area contributed by atoms with E-state index in [0.29, 0.717) is 23.8 Å². The largest absolute Gasteiger partial charge is 0.493 e. The molecule has 0 bridgehead atoms. The summed E-state index contributed by atoms with van der Waals surface area (Å²) in [5.41, 5.74) is 2.59. The first-order chi connectivity index (χ1) is 10.7. The first-order valence-corrected chi connectivity index (χ1v) is 7.79. The van der Waals surface area contributed by atoms with E-state index in [1.807, 2.05) is 43.3 Å². The normalized spacial score (nSPS) is 11.8. The molecule has 0 saturated carbocycles. The summed E-state index contributed by atoms with van der Waals surface area (Å²) >= 11 is 0. The second-order valence-electron chi connectivity index (χ2n) is 5.28. The molecule has 2 aromatic carbocycles. The van der Waals surface area contributed by atoms with Gasteiger partial charge in [0.15, 0.2) is 0 Å². The summed E-state index contributed by atoms with van der Waals surface area (Å²) in [4.78, 5) is 12.6. The minimum atomic E-state index is -0.139. The first kappa shape index (κ1) is 16.1. The van der Waals surface area contributed by atoms with Crippen LogP contribution in [0.25, 0.3) is 0 Å². The Hall–Kier alpha value is -2.29. The van der Waals surface area contributed by atoms with Crippen molar-refractivity contribution < 1.29 is 9.53 Å². The van der Waals surface area contributed by atoms with Crippen molar-refractivity contribution in [3.63, 3.8) is 0 Å². The van der Waals surface area contributed by atoms with Crippen LogP contribution in [0.3, 0.4) is 0 Å². The number of carbonyl (C=O) groups is 1. The summed E-state index contributed by atoms with van der Waals surface area (Å²) in [6, 6.07) is 15.3. The van der Waals surface area contributed by atoms with Crippen molar-refractivity contribution in [3.8, 4) is 5.75 Å². The molecular formula is C19H23NO2. The zero-order valence-electron chi connectivity index (χ0n) is 13.4. The van der Waals surface area contributed by atoms with Crippen LogP contribution in [-0.2, 0) is 0 Å². The van der Waals surface area contributed by atoms with Gasteiger partial charge in [0.1, 0.15) is 5.75 Å². The lowest BCUT2D eigenvalue weighted by Crippen LogP contribution is -2.15. The maximum absolute atomic E-state index is 12.6. The summed E-state index contributed by atoms with van der Waals surface area (Å²) in [5, 5.41) is 3.02. The van der Waals surface area contributed by atoms with E-state index in [0.717, 1.165) is 17.7 Å². The molecule has 0 heterocycles. The summed E-state index contributed by atoms with van der Waals surface area (Å²) in [6.07, 6.45) is 1.03. The zero-order chi connectivity index (χ0) is 15.9. The Balaban J connectivity index is 2.27. The van der Waals surface area contributed by atoms with Crippen molar-refractivity contribution in [1.82, 2.24) is 0 Å². The summed E-state index contributed by atoms with van der Waals surface area (Å²) in [5.74, 6) is 0.877. The van der Waals surface area contributed by atoms with Gasteiger partial charge >= 0.3 is 0 Å². The van der Waals surface area contributed by atoms with Gasteiger partial charge in [-0.05, 0) is 43.0 Å². The lowest BCUT2D eigenvalue weighted by atomic mass is 9.96. The average molecular weight is 297 g/mol. The quantitative estimate of drug-likeness (QED) is 0.827. The molecule has 0 aliphatic rings. The third-order valence-electron chi connectivity index (χ3n) is 3.78. The molecule has 1 unspecified atom stereocenters. The Morgan fingerprint density at radius 3 is 2.50 bits per heavy atom. The Bertz CT molecular complexity index is 637. The van der Waals surface area contributed by atoms with Crippen LogP contribution in [0.5, 0.6) is 5.75 Å². The molecule has 3 nitrogen and oxygen atoms in total. The smallest absolute Gasteiger partial charge is 0.259 e. The highest BCUT2D eigenvalue weighted by molar-refractivity contribution is 6.06. The first-order valence-electron chi connectivity index (χ1n) is 7.79. The van der Waals surface area contributed by atoms with Gasteiger partial charge in [0.2, 0.25) is 0 Å². The van der Waals surface area contributed by atoms with Gasteiger partial charge in [-0.2, -0.15) is 0 Å². The van der Waals surface area contributed by atoms with E-state index in [-0.39, 0.29) is 5.91 Å². The van der Waals surface area contributed by atoms with Gasteiger partial charge in [-0.1, -0.05) is 44.2 Å². The highest BCUT2D eigenvalue weighted by atomic mass is 16.5. The molecule has 0 spiro atoms. The number of rotatable bonds is 6. The number of para-hydroxylation sites is 2. The van der Waals surface area contributed by atoms with Gasteiger partial charge in [0.25, 0.3) is 5.91 Å². The van der Waals surface area contributed by atoms with Crippen molar-refractivity contribution in [3.05, 3.63) is 59.7 Å². The van der Waals surface area contributed by atoms with E-state index in [4.69, 9.17) is 4.74 Å². The number of carbonyl (C=O) groups excluding carboxylic acids is 1. The fraction of sp³-hybridized carbons (Fsp3) is 0.316. The van der Waals surface area contributed by atoms with Gasteiger partial charge in [-0.25, -0.2) is 0 Å².